The van der Waals surface area contributed by atoms with Gasteiger partial charge < -0.3 is 14.9 Å². The minimum absolute atomic E-state index is 0.237. The van der Waals surface area contributed by atoms with Crippen molar-refractivity contribution in [1.82, 2.24) is 0 Å². The summed E-state index contributed by atoms with van der Waals surface area (Å²) in [6.07, 6.45) is 3.74. The summed E-state index contributed by atoms with van der Waals surface area (Å²) in [5.41, 5.74) is 0.684. The molecule has 0 aromatic carbocycles. The van der Waals surface area contributed by atoms with Gasteiger partial charge in [-0.2, -0.15) is 0 Å². The number of carboxylic acids is 1. The molecule has 0 aromatic heterocycles. The van der Waals surface area contributed by atoms with Crippen molar-refractivity contribution < 1.29 is 24.5 Å². The number of carboxylic acid groups (broad SMARTS) is 1. The fraction of sp³-hybridized carbons (Fsp3) is 0.600. The largest absolute Gasteiger partial charge is 0.478 e. The van der Waals surface area contributed by atoms with Gasteiger partial charge in [0.25, 0.3) is 0 Å². The molecule has 5 nitrogen and oxygen atoms in total. The molecule has 114 valence electrons. The van der Waals surface area contributed by atoms with Crippen molar-refractivity contribution >= 4 is 11.9 Å². The van der Waals surface area contributed by atoms with Crippen molar-refractivity contribution in [1.29, 1.82) is 0 Å². The maximum Gasteiger partial charge on any atom is 0.333 e. The first-order valence-electron chi connectivity index (χ1n) is 6.73. The minimum atomic E-state index is -0.973. The molecule has 0 saturated heterocycles. The van der Waals surface area contributed by atoms with Crippen LogP contribution in [0, 0.1) is 0 Å². The highest BCUT2D eigenvalue weighted by Crippen LogP contribution is 2.11. The van der Waals surface area contributed by atoms with Crippen LogP contribution in [0.1, 0.15) is 47.0 Å². The Labute approximate surface area is 119 Å². The van der Waals surface area contributed by atoms with Crippen LogP contribution in [0.25, 0.3) is 0 Å². The van der Waals surface area contributed by atoms with Crippen molar-refractivity contribution in [2.75, 3.05) is 0 Å². The standard InChI is InChI=1S/C15H24O5/c1-5-13(9-7-10(2)14(17)18)20-15(19)11(3)6-8-12(4)16/h6-7,12-13,16H,5,8-9H2,1-4H3,(H,17,18). The summed E-state index contributed by atoms with van der Waals surface area (Å²) < 4.78 is 5.30. The predicted molar refractivity (Wildman–Crippen MR) is 76.2 cm³/mol. The Bertz CT molecular complexity index is 393. The number of hydrogen-bond donors (Lipinski definition) is 2. The second kappa shape index (κ2) is 9.31. The maximum atomic E-state index is 11.8. The van der Waals surface area contributed by atoms with Crippen LogP contribution in [0.5, 0.6) is 0 Å². The molecule has 0 radical (unpaired) electrons. The van der Waals surface area contributed by atoms with E-state index in [9.17, 15) is 9.59 Å². The first-order valence-corrected chi connectivity index (χ1v) is 6.73. The van der Waals surface area contributed by atoms with Crippen molar-refractivity contribution in [3.63, 3.8) is 0 Å². The number of aliphatic carboxylic acids is 1. The van der Waals surface area contributed by atoms with E-state index < -0.39 is 18.0 Å². The average molecular weight is 284 g/mol. The third-order valence-electron chi connectivity index (χ3n) is 2.84. The van der Waals surface area contributed by atoms with Gasteiger partial charge in [-0.3, -0.25) is 0 Å². The second-order valence-corrected chi connectivity index (χ2v) is 4.84. The third-order valence-corrected chi connectivity index (χ3v) is 2.84. The fourth-order valence-electron chi connectivity index (χ4n) is 1.37. The van der Waals surface area contributed by atoms with Crippen LogP contribution in [0.4, 0.5) is 0 Å². The zero-order chi connectivity index (χ0) is 15.7. The summed E-state index contributed by atoms with van der Waals surface area (Å²) in [7, 11) is 0. The lowest BCUT2D eigenvalue weighted by Gasteiger charge is -2.15. The number of aliphatic hydroxyl groups excluding tert-OH is 1. The van der Waals surface area contributed by atoms with Gasteiger partial charge in [0.15, 0.2) is 0 Å². The van der Waals surface area contributed by atoms with Crippen LogP contribution in [0.15, 0.2) is 23.3 Å². The molecule has 0 rings (SSSR count). The predicted octanol–water partition coefficient (Wildman–Crippen LogP) is 2.45. The molecule has 0 aliphatic carbocycles. The Hall–Kier alpha value is -1.62. The third kappa shape index (κ3) is 7.74. The Morgan fingerprint density at radius 1 is 1.15 bits per heavy atom. The maximum absolute atomic E-state index is 11.8. The summed E-state index contributed by atoms with van der Waals surface area (Å²) >= 11 is 0. The van der Waals surface area contributed by atoms with Crippen LogP contribution in [-0.2, 0) is 14.3 Å². The van der Waals surface area contributed by atoms with Gasteiger partial charge in [0.1, 0.15) is 6.10 Å². The molecule has 0 spiro atoms. The number of aliphatic hydroxyl groups is 1. The number of carbonyl (C=O) groups excluding carboxylic acids is 1. The van der Waals surface area contributed by atoms with Crippen LogP contribution in [0.2, 0.25) is 0 Å². The molecule has 0 fully saturated rings. The van der Waals surface area contributed by atoms with Crippen molar-refractivity contribution in [3.05, 3.63) is 23.3 Å². The molecular weight excluding hydrogens is 260 g/mol. The van der Waals surface area contributed by atoms with E-state index in [2.05, 4.69) is 0 Å². The van der Waals surface area contributed by atoms with Gasteiger partial charge in [-0.15, -0.1) is 0 Å². The van der Waals surface area contributed by atoms with Gasteiger partial charge in [0.05, 0.1) is 6.10 Å². The first kappa shape index (κ1) is 18.4. The van der Waals surface area contributed by atoms with E-state index >= 15 is 0 Å². The topological polar surface area (TPSA) is 83.8 Å². The van der Waals surface area contributed by atoms with Crippen LogP contribution >= 0.6 is 0 Å². The average Bonchev–Trinajstić information content (AvgIpc) is 2.39. The molecule has 0 amide bonds. The number of esters is 1. The number of hydrogen-bond acceptors (Lipinski definition) is 4. The van der Waals surface area contributed by atoms with E-state index in [1.165, 1.54) is 6.92 Å². The number of ether oxygens (including phenoxy) is 1. The van der Waals surface area contributed by atoms with Crippen molar-refractivity contribution in [2.45, 2.75) is 59.2 Å². The monoisotopic (exact) mass is 284 g/mol. The van der Waals surface area contributed by atoms with Gasteiger partial charge in [0.2, 0.25) is 0 Å². The normalized spacial score (nSPS) is 15.7. The van der Waals surface area contributed by atoms with Crippen LogP contribution in [0.3, 0.4) is 0 Å². The summed E-state index contributed by atoms with van der Waals surface area (Å²) in [5.74, 6) is -1.40. The van der Waals surface area contributed by atoms with E-state index in [4.69, 9.17) is 14.9 Å². The summed E-state index contributed by atoms with van der Waals surface area (Å²) in [6, 6.07) is 0. The van der Waals surface area contributed by atoms with Gasteiger partial charge >= 0.3 is 11.9 Å². The lowest BCUT2D eigenvalue weighted by atomic mass is 10.1. The molecule has 2 unspecified atom stereocenters. The molecule has 2 N–H and O–H groups in total. The van der Waals surface area contributed by atoms with Gasteiger partial charge in [-0.05, 0) is 33.6 Å². The van der Waals surface area contributed by atoms with E-state index in [1.807, 2.05) is 6.92 Å². The van der Waals surface area contributed by atoms with Gasteiger partial charge in [0, 0.05) is 17.6 Å². The van der Waals surface area contributed by atoms with E-state index in [-0.39, 0.29) is 11.7 Å². The SMILES string of the molecule is CCC(CC=C(C)C(=O)O)OC(=O)C(C)=CCC(C)O. The Kier molecular flexibility index (Phi) is 8.56. The molecule has 2 atom stereocenters. The molecule has 0 saturated carbocycles. The Morgan fingerprint density at radius 2 is 1.70 bits per heavy atom. The second-order valence-electron chi connectivity index (χ2n) is 4.84. The zero-order valence-electron chi connectivity index (χ0n) is 12.5. The quantitative estimate of drug-likeness (QED) is 0.528. The molecule has 20 heavy (non-hydrogen) atoms. The Morgan fingerprint density at radius 3 is 2.15 bits per heavy atom. The molecule has 5 heteroatoms. The molecule has 0 aliphatic heterocycles. The van der Waals surface area contributed by atoms with E-state index in [1.54, 1.807) is 26.0 Å². The lowest BCUT2D eigenvalue weighted by molar-refractivity contribution is -0.144. The van der Waals surface area contributed by atoms with Crippen molar-refractivity contribution in [3.8, 4) is 0 Å². The van der Waals surface area contributed by atoms with Crippen molar-refractivity contribution in [2.24, 2.45) is 0 Å². The summed E-state index contributed by atoms with van der Waals surface area (Å²) in [4.78, 5) is 22.5. The molecule has 0 bridgehead atoms. The fourth-order valence-corrected chi connectivity index (χ4v) is 1.37. The molecule has 0 aliphatic rings. The summed E-state index contributed by atoms with van der Waals surface area (Å²) in [5, 5.41) is 17.9. The molecular formula is C15H24O5. The highest BCUT2D eigenvalue weighted by Gasteiger charge is 2.13. The number of carbonyl (C=O) groups is 2. The Balaban J connectivity index is 4.50. The van der Waals surface area contributed by atoms with Gasteiger partial charge in [-0.25, -0.2) is 9.59 Å². The smallest absolute Gasteiger partial charge is 0.333 e. The van der Waals surface area contributed by atoms with E-state index in [0.717, 1.165) is 0 Å². The minimum Gasteiger partial charge on any atom is -0.478 e. The van der Waals surface area contributed by atoms with Crippen LogP contribution in [-0.4, -0.2) is 34.4 Å². The highest BCUT2D eigenvalue weighted by atomic mass is 16.5. The van der Waals surface area contributed by atoms with E-state index in [0.29, 0.717) is 24.8 Å². The zero-order valence-corrected chi connectivity index (χ0v) is 12.5. The number of rotatable bonds is 8. The van der Waals surface area contributed by atoms with Gasteiger partial charge in [-0.1, -0.05) is 19.1 Å². The van der Waals surface area contributed by atoms with Crippen LogP contribution < -0.4 is 0 Å². The lowest BCUT2D eigenvalue weighted by Crippen LogP contribution is -2.18. The first-order chi connectivity index (χ1) is 9.27. The molecule has 0 aromatic rings. The molecule has 0 heterocycles. The highest BCUT2D eigenvalue weighted by molar-refractivity contribution is 5.88. The summed E-state index contributed by atoms with van der Waals surface area (Å²) in [6.45, 7) is 6.65.